The zero-order valence-corrected chi connectivity index (χ0v) is 14.7. The maximum absolute atomic E-state index is 8.78. The Kier molecular flexibility index (Phi) is 6.86. The SMILES string of the molecule is CC(C)c1ccc(Nc2cc3c(cn2)CCNC3)cc1.NS(=O)[O-]. The van der Waals surface area contributed by atoms with Crippen LogP contribution in [0.25, 0.3) is 0 Å². The fourth-order valence-corrected chi connectivity index (χ4v) is 2.53. The van der Waals surface area contributed by atoms with Crippen LogP contribution < -0.4 is 15.8 Å². The highest BCUT2D eigenvalue weighted by atomic mass is 32.2. The van der Waals surface area contributed by atoms with Crippen molar-refractivity contribution in [3.63, 3.8) is 0 Å². The summed E-state index contributed by atoms with van der Waals surface area (Å²) in [5.74, 6) is 1.49. The number of fused-ring (bicyclic) bond motifs is 1. The topological polar surface area (TPSA) is 103 Å². The van der Waals surface area contributed by atoms with Crippen LogP contribution in [-0.2, 0) is 24.2 Å². The van der Waals surface area contributed by atoms with Crippen LogP contribution in [0.2, 0.25) is 0 Å². The van der Waals surface area contributed by atoms with Crippen molar-refractivity contribution in [2.24, 2.45) is 5.14 Å². The molecule has 1 aromatic carbocycles. The van der Waals surface area contributed by atoms with Gasteiger partial charge in [-0.05, 0) is 53.8 Å². The first kappa shape index (κ1) is 18.5. The summed E-state index contributed by atoms with van der Waals surface area (Å²) in [5.41, 5.74) is 5.17. The molecule has 0 amide bonds. The van der Waals surface area contributed by atoms with E-state index in [1.807, 2.05) is 6.20 Å². The van der Waals surface area contributed by atoms with Crippen LogP contribution >= 0.6 is 0 Å². The molecule has 4 N–H and O–H groups in total. The standard InChI is InChI=1S/C17H21N3.H3NO2S/c1-12(2)13-3-5-16(6-4-13)20-17-9-15-10-18-8-7-14(15)11-19-17;1-4(2)3/h3-6,9,11-12,18H,7-8,10H2,1-2H3,(H,19,20);1H2,(H,2,3)/p-1. The van der Waals surface area contributed by atoms with E-state index in [1.165, 1.54) is 16.7 Å². The summed E-state index contributed by atoms with van der Waals surface area (Å²) in [4.78, 5) is 4.51. The molecule has 1 unspecified atom stereocenters. The zero-order chi connectivity index (χ0) is 17.5. The van der Waals surface area contributed by atoms with E-state index >= 15 is 0 Å². The number of hydrogen-bond donors (Lipinski definition) is 3. The second-order valence-corrected chi connectivity index (χ2v) is 6.45. The molecule has 24 heavy (non-hydrogen) atoms. The minimum atomic E-state index is -2.36. The quantitative estimate of drug-likeness (QED) is 0.740. The molecular weight excluding hydrogens is 324 g/mol. The Hall–Kier alpha value is -1.80. The third-order valence-corrected chi connectivity index (χ3v) is 3.82. The van der Waals surface area contributed by atoms with E-state index in [1.54, 1.807) is 0 Å². The second-order valence-electron chi connectivity index (χ2n) is 5.93. The van der Waals surface area contributed by atoms with Gasteiger partial charge in [-0.1, -0.05) is 26.0 Å². The average Bonchev–Trinajstić information content (AvgIpc) is 2.55. The molecule has 0 saturated carbocycles. The number of anilines is 2. The Morgan fingerprint density at radius 2 is 1.96 bits per heavy atom. The van der Waals surface area contributed by atoms with Gasteiger partial charge in [0.1, 0.15) is 5.82 Å². The fraction of sp³-hybridized carbons (Fsp3) is 0.353. The molecule has 0 bridgehead atoms. The van der Waals surface area contributed by atoms with Crippen LogP contribution in [-0.4, -0.2) is 20.3 Å². The van der Waals surface area contributed by atoms with E-state index in [0.29, 0.717) is 5.92 Å². The molecule has 1 atom stereocenters. The Balaban J connectivity index is 0.000000471. The van der Waals surface area contributed by atoms with E-state index in [0.717, 1.165) is 31.0 Å². The molecule has 2 heterocycles. The van der Waals surface area contributed by atoms with Crippen LogP contribution in [0, 0.1) is 0 Å². The Morgan fingerprint density at radius 3 is 2.58 bits per heavy atom. The van der Waals surface area contributed by atoms with E-state index in [9.17, 15) is 0 Å². The van der Waals surface area contributed by atoms with Crippen molar-refractivity contribution in [1.82, 2.24) is 10.3 Å². The highest BCUT2D eigenvalue weighted by Crippen LogP contribution is 2.22. The molecule has 130 valence electrons. The monoisotopic (exact) mass is 347 g/mol. The fourth-order valence-electron chi connectivity index (χ4n) is 2.53. The van der Waals surface area contributed by atoms with Gasteiger partial charge in [-0.25, -0.2) is 4.98 Å². The summed E-state index contributed by atoms with van der Waals surface area (Å²) in [5, 5.41) is 10.8. The third-order valence-electron chi connectivity index (χ3n) is 3.82. The predicted octanol–water partition coefficient (Wildman–Crippen LogP) is 2.33. The van der Waals surface area contributed by atoms with Gasteiger partial charge in [0, 0.05) is 29.7 Å². The van der Waals surface area contributed by atoms with Gasteiger partial charge in [-0.15, -0.1) is 0 Å². The molecule has 0 fully saturated rings. The molecule has 0 radical (unpaired) electrons. The molecule has 0 aliphatic carbocycles. The number of hydrogen-bond acceptors (Lipinski definition) is 5. The van der Waals surface area contributed by atoms with Gasteiger partial charge < -0.3 is 15.2 Å². The number of nitrogens with two attached hydrogens (primary N) is 1. The van der Waals surface area contributed by atoms with Crippen molar-refractivity contribution in [2.45, 2.75) is 32.7 Å². The molecule has 3 rings (SSSR count). The number of aromatic nitrogens is 1. The van der Waals surface area contributed by atoms with Gasteiger partial charge >= 0.3 is 0 Å². The Labute approximate surface area is 145 Å². The normalized spacial score (nSPS) is 14.4. The van der Waals surface area contributed by atoms with Crippen LogP contribution in [0.15, 0.2) is 36.5 Å². The minimum Gasteiger partial charge on any atom is -0.760 e. The molecule has 0 spiro atoms. The first-order valence-corrected chi connectivity index (χ1v) is 8.98. The van der Waals surface area contributed by atoms with Gasteiger partial charge in [0.15, 0.2) is 0 Å². The first-order chi connectivity index (χ1) is 11.5. The van der Waals surface area contributed by atoms with Crippen LogP contribution in [0.1, 0.15) is 36.5 Å². The van der Waals surface area contributed by atoms with E-state index in [-0.39, 0.29) is 0 Å². The van der Waals surface area contributed by atoms with Gasteiger partial charge in [-0.2, -0.15) is 0 Å². The third kappa shape index (κ3) is 5.68. The number of nitrogens with zero attached hydrogens (tertiary/aromatic N) is 1. The number of nitrogens with one attached hydrogen (secondary N) is 2. The predicted molar refractivity (Wildman–Crippen MR) is 96.6 cm³/mol. The lowest BCUT2D eigenvalue weighted by Crippen LogP contribution is -2.23. The van der Waals surface area contributed by atoms with Gasteiger partial charge in [-0.3, -0.25) is 9.35 Å². The molecule has 1 aliphatic heterocycles. The first-order valence-electron chi connectivity index (χ1n) is 7.85. The van der Waals surface area contributed by atoms with Crippen molar-refractivity contribution in [1.29, 1.82) is 0 Å². The highest BCUT2D eigenvalue weighted by molar-refractivity contribution is 7.76. The van der Waals surface area contributed by atoms with Crippen molar-refractivity contribution in [3.8, 4) is 0 Å². The smallest absolute Gasteiger partial charge is 0.130 e. The molecule has 2 aromatic rings. The summed E-state index contributed by atoms with van der Waals surface area (Å²) in [6, 6.07) is 10.7. The van der Waals surface area contributed by atoms with Crippen molar-refractivity contribution in [2.75, 3.05) is 11.9 Å². The number of benzene rings is 1. The number of pyridine rings is 1. The lowest BCUT2D eigenvalue weighted by Gasteiger charge is -2.17. The van der Waals surface area contributed by atoms with Crippen LogP contribution in [0.3, 0.4) is 0 Å². The maximum Gasteiger partial charge on any atom is 0.130 e. The molecule has 7 heteroatoms. The van der Waals surface area contributed by atoms with Crippen LogP contribution in [0.5, 0.6) is 0 Å². The van der Waals surface area contributed by atoms with Gasteiger partial charge in [0.05, 0.1) is 0 Å². The number of rotatable bonds is 3. The lowest BCUT2D eigenvalue weighted by molar-refractivity contribution is 0.539. The summed E-state index contributed by atoms with van der Waals surface area (Å²) in [6.07, 6.45) is 3.08. The van der Waals surface area contributed by atoms with Crippen molar-refractivity contribution < 1.29 is 8.76 Å². The molecule has 0 saturated heterocycles. The largest absolute Gasteiger partial charge is 0.760 e. The minimum absolute atomic E-state index is 0.567. The van der Waals surface area contributed by atoms with Gasteiger partial charge in [0.2, 0.25) is 0 Å². The lowest BCUT2D eigenvalue weighted by atomic mass is 10.0. The molecule has 6 nitrogen and oxygen atoms in total. The summed E-state index contributed by atoms with van der Waals surface area (Å²) in [7, 11) is 0. The molecule has 1 aliphatic rings. The summed E-state index contributed by atoms with van der Waals surface area (Å²) < 4.78 is 17.6. The van der Waals surface area contributed by atoms with Crippen molar-refractivity contribution >= 4 is 22.8 Å². The Bertz CT molecular complexity index is 685. The van der Waals surface area contributed by atoms with E-state index in [2.05, 4.69) is 64.9 Å². The summed E-state index contributed by atoms with van der Waals surface area (Å²) in [6.45, 7) is 6.41. The second kappa shape index (κ2) is 8.89. The summed E-state index contributed by atoms with van der Waals surface area (Å²) >= 11 is -2.36. The van der Waals surface area contributed by atoms with Crippen LogP contribution in [0.4, 0.5) is 11.5 Å². The molecule has 1 aromatic heterocycles. The molecular formula is C17H23N4O2S-. The average molecular weight is 347 g/mol. The van der Waals surface area contributed by atoms with E-state index < -0.39 is 11.3 Å². The van der Waals surface area contributed by atoms with Crippen molar-refractivity contribution in [3.05, 3.63) is 53.2 Å². The van der Waals surface area contributed by atoms with E-state index in [4.69, 9.17) is 8.76 Å². The van der Waals surface area contributed by atoms with Gasteiger partial charge in [0.25, 0.3) is 0 Å². The maximum atomic E-state index is 8.78. The zero-order valence-electron chi connectivity index (χ0n) is 13.9. The highest BCUT2D eigenvalue weighted by Gasteiger charge is 2.09. The Morgan fingerprint density at radius 1 is 1.29 bits per heavy atom.